The van der Waals surface area contributed by atoms with Crippen molar-refractivity contribution >= 4 is 35.3 Å². The zero-order chi connectivity index (χ0) is 40.8. The van der Waals surface area contributed by atoms with Crippen molar-refractivity contribution in [3.63, 3.8) is 0 Å². The highest BCUT2D eigenvalue weighted by atomic mass is 16.2. The molecule has 12 heteroatoms. The molecular weight excluding hydrogens is 709 g/mol. The lowest BCUT2D eigenvalue weighted by atomic mass is 9.73. The quantitative estimate of drug-likeness (QED) is 0.229. The summed E-state index contributed by atoms with van der Waals surface area (Å²) in [5.74, 6) is -2.39. The molecule has 56 heavy (non-hydrogen) atoms. The van der Waals surface area contributed by atoms with Gasteiger partial charge in [-0.3, -0.25) is 33.7 Å². The number of ketones is 1. The Morgan fingerprint density at radius 2 is 1.39 bits per heavy atom. The average molecular weight is 781 g/mol. The van der Waals surface area contributed by atoms with Crippen LogP contribution in [0.2, 0.25) is 0 Å². The predicted octanol–water partition coefficient (Wildman–Crippen LogP) is 4.73. The number of carbonyl (C=O) groups is 6. The minimum absolute atomic E-state index is 0.0363. The molecule has 6 fully saturated rings. The van der Waals surface area contributed by atoms with Crippen molar-refractivity contribution in [1.82, 2.24) is 30.7 Å². The number of nitrogens with zero attached hydrogens (tertiary/aromatic N) is 3. The molecule has 3 aliphatic heterocycles. The summed E-state index contributed by atoms with van der Waals surface area (Å²) in [6.07, 6.45) is 13.0. The van der Waals surface area contributed by atoms with Crippen molar-refractivity contribution in [2.45, 2.75) is 188 Å². The van der Waals surface area contributed by atoms with Gasteiger partial charge in [-0.15, -0.1) is 0 Å². The minimum Gasteiger partial charge on any atom is -0.344 e. The van der Waals surface area contributed by atoms with Gasteiger partial charge in [-0.1, -0.05) is 80.1 Å². The Morgan fingerprint density at radius 3 is 1.93 bits per heavy atom. The number of amides is 5. The largest absolute Gasteiger partial charge is 0.344 e. The molecule has 5 amide bonds. The molecule has 6 aliphatic rings. The van der Waals surface area contributed by atoms with Crippen LogP contribution in [0.3, 0.4) is 0 Å². The molecule has 12 nitrogen and oxygen atoms in total. The van der Waals surface area contributed by atoms with Gasteiger partial charge in [0.25, 0.3) is 5.91 Å². The number of hydrogen-bond donors (Lipinski definition) is 3. The van der Waals surface area contributed by atoms with E-state index < -0.39 is 47.2 Å². The van der Waals surface area contributed by atoms with Crippen LogP contribution in [0.15, 0.2) is 0 Å². The van der Waals surface area contributed by atoms with Gasteiger partial charge in [0.1, 0.15) is 18.1 Å². The first-order valence-corrected chi connectivity index (χ1v) is 22.2. The summed E-state index contributed by atoms with van der Waals surface area (Å²) in [7, 11) is 0. The summed E-state index contributed by atoms with van der Waals surface area (Å²) in [4.78, 5) is 90.3. The summed E-state index contributed by atoms with van der Waals surface area (Å²) < 4.78 is 0. The number of piperidine rings is 1. The van der Waals surface area contributed by atoms with Crippen LogP contribution in [-0.4, -0.2) is 112 Å². The molecular formula is C44H72N6O6. The third kappa shape index (κ3) is 7.54. The van der Waals surface area contributed by atoms with E-state index >= 15 is 4.79 Å². The molecule has 3 saturated heterocycles. The molecule has 3 N–H and O–H groups in total. The second-order valence-electron chi connectivity index (χ2n) is 20.2. The van der Waals surface area contributed by atoms with Gasteiger partial charge < -0.3 is 25.8 Å². The molecule has 6 rings (SSSR count). The summed E-state index contributed by atoms with van der Waals surface area (Å²) in [6, 6.07) is -3.65. The van der Waals surface area contributed by atoms with E-state index in [1.165, 1.54) is 4.90 Å². The van der Waals surface area contributed by atoms with Crippen LogP contribution in [0.1, 0.15) is 152 Å². The van der Waals surface area contributed by atoms with Crippen LogP contribution in [0.4, 0.5) is 0 Å². The van der Waals surface area contributed by atoms with Crippen molar-refractivity contribution < 1.29 is 28.8 Å². The third-order valence-electron chi connectivity index (χ3n) is 15.6. The molecule has 314 valence electrons. The number of rotatable bonds is 13. The van der Waals surface area contributed by atoms with Crippen LogP contribution in [-0.2, 0) is 28.8 Å². The molecule has 0 radical (unpaired) electrons. The zero-order valence-corrected chi connectivity index (χ0v) is 35.8. The monoisotopic (exact) mass is 781 g/mol. The fourth-order valence-electron chi connectivity index (χ4n) is 11.7. The molecule has 0 aromatic rings. The van der Waals surface area contributed by atoms with Gasteiger partial charge in [-0.2, -0.15) is 0 Å². The summed E-state index contributed by atoms with van der Waals surface area (Å²) in [6.45, 7) is 18.8. The highest BCUT2D eigenvalue weighted by molar-refractivity contribution is 6.38. The molecule has 3 aliphatic carbocycles. The Balaban J connectivity index is 1.26. The molecule has 0 unspecified atom stereocenters. The maximum absolute atomic E-state index is 15.2. The van der Waals surface area contributed by atoms with E-state index in [1.54, 1.807) is 4.90 Å². The Morgan fingerprint density at radius 1 is 0.750 bits per heavy atom. The fraction of sp³-hybridized carbons (Fsp3) is 0.864. The van der Waals surface area contributed by atoms with Gasteiger partial charge in [-0.05, 0) is 100 Å². The zero-order valence-electron chi connectivity index (χ0n) is 35.8. The van der Waals surface area contributed by atoms with E-state index in [0.29, 0.717) is 38.9 Å². The van der Waals surface area contributed by atoms with Gasteiger partial charge in [-0.25, -0.2) is 0 Å². The smallest absolute Gasteiger partial charge is 0.292 e. The lowest BCUT2D eigenvalue weighted by Gasteiger charge is -2.40. The lowest BCUT2D eigenvalue weighted by Crippen LogP contribution is -2.63. The fourth-order valence-corrected chi connectivity index (χ4v) is 11.7. The van der Waals surface area contributed by atoms with E-state index in [0.717, 1.165) is 83.6 Å². The molecule has 6 atom stereocenters. The number of carbonyl (C=O) groups excluding carboxylic acids is 6. The SMILES string of the molecule is CCC[C@H](NC(=O)[C@@H]1C[C@@]2(CN1C(=O)[C@@H](NC(=O)[C@@H](NC(=O)[C@@H]1CCCCN1C(C)C)C1CCCCC1)C(C)(C)C)C(C)(C)C21CCC1)C(=O)C(=O)N1CCC1. The van der Waals surface area contributed by atoms with E-state index in [-0.39, 0.29) is 52.0 Å². The predicted molar refractivity (Wildman–Crippen MR) is 215 cm³/mol. The van der Waals surface area contributed by atoms with Crippen molar-refractivity contribution in [3.05, 3.63) is 0 Å². The first-order valence-electron chi connectivity index (χ1n) is 22.2. The number of hydrogen-bond acceptors (Lipinski definition) is 7. The normalized spacial score (nSPS) is 28.9. The number of Topliss-reactive ketones (excluding diaryl/α,β-unsaturated/α-hetero) is 1. The van der Waals surface area contributed by atoms with E-state index in [9.17, 15) is 24.0 Å². The van der Waals surface area contributed by atoms with Gasteiger partial charge in [0.2, 0.25) is 29.4 Å². The Hall–Kier alpha value is -3.02. The standard InChI is InChI=1S/C44H72N6O6/c1-9-17-30(34(51)39(55)48-23-16-24-48)45-37(53)32-26-44(42(7,8)43(44)21-15-22-43)27-50(32)40(56)35(41(4,5)6)47-38(54)33(29-18-11-10-12-19-29)46-36(52)31-20-13-14-25-49(31)28(2)3/h28-33,35H,9-27H2,1-8H3,(H,45,53)(H,46,52)(H,47,54)/t30-,31-,32-,33-,35+,44+/m0/s1. The molecule has 3 heterocycles. The highest BCUT2D eigenvalue weighted by Gasteiger charge is 2.85. The maximum Gasteiger partial charge on any atom is 0.292 e. The van der Waals surface area contributed by atoms with E-state index in [2.05, 4.69) is 48.5 Å². The average Bonchev–Trinajstić information content (AvgIpc) is 3.32. The Kier molecular flexibility index (Phi) is 12.4. The highest BCUT2D eigenvalue weighted by Crippen LogP contribution is 2.88. The van der Waals surface area contributed by atoms with Crippen molar-refractivity contribution in [2.75, 3.05) is 26.2 Å². The van der Waals surface area contributed by atoms with Crippen LogP contribution in [0.25, 0.3) is 0 Å². The van der Waals surface area contributed by atoms with Gasteiger partial charge >= 0.3 is 0 Å². The van der Waals surface area contributed by atoms with Gasteiger partial charge in [0, 0.05) is 31.1 Å². The lowest BCUT2D eigenvalue weighted by molar-refractivity contribution is -0.149. The molecule has 2 spiro atoms. The van der Waals surface area contributed by atoms with E-state index in [1.807, 2.05) is 27.7 Å². The first-order chi connectivity index (χ1) is 26.4. The third-order valence-corrected chi connectivity index (χ3v) is 15.6. The molecule has 0 aromatic carbocycles. The van der Waals surface area contributed by atoms with Gasteiger partial charge in [0.15, 0.2) is 0 Å². The summed E-state index contributed by atoms with van der Waals surface area (Å²) >= 11 is 0. The minimum atomic E-state index is -0.967. The van der Waals surface area contributed by atoms with Crippen molar-refractivity contribution in [3.8, 4) is 0 Å². The number of fused-ring (bicyclic) bond motifs is 1. The Bertz CT molecular complexity index is 1520. The number of nitrogens with one attached hydrogen (secondary N) is 3. The van der Waals surface area contributed by atoms with E-state index in [4.69, 9.17) is 0 Å². The van der Waals surface area contributed by atoms with Crippen LogP contribution in [0, 0.1) is 27.6 Å². The van der Waals surface area contributed by atoms with Gasteiger partial charge in [0.05, 0.1) is 12.1 Å². The second kappa shape index (κ2) is 16.3. The summed E-state index contributed by atoms with van der Waals surface area (Å²) in [5.41, 5.74) is -1.03. The second-order valence-corrected chi connectivity index (χ2v) is 20.2. The molecule has 3 saturated carbocycles. The molecule has 0 aromatic heterocycles. The maximum atomic E-state index is 15.2. The van der Waals surface area contributed by atoms with Crippen LogP contribution < -0.4 is 16.0 Å². The topological polar surface area (TPSA) is 148 Å². The number of likely N-dealkylation sites (tertiary alicyclic amines) is 3. The van der Waals surface area contributed by atoms with Crippen LogP contribution in [0.5, 0.6) is 0 Å². The van der Waals surface area contributed by atoms with Crippen LogP contribution >= 0.6 is 0 Å². The van der Waals surface area contributed by atoms with Crippen molar-refractivity contribution in [1.29, 1.82) is 0 Å². The first kappa shape index (κ1) is 42.6. The molecule has 0 bridgehead atoms. The summed E-state index contributed by atoms with van der Waals surface area (Å²) in [5, 5.41) is 9.35. The Labute approximate surface area is 335 Å². The van der Waals surface area contributed by atoms with Crippen molar-refractivity contribution in [2.24, 2.45) is 27.6 Å².